The number of fused-ring (bicyclic) bond motifs is 1. The highest BCUT2D eigenvalue weighted by atomic mass is 19.4. The molecule has 3 amide bonds. The van der Waals surface area contributed by atoms with Crippen molar-refractivity contribution in [3.8, 4) is 6.07 Å². The zero-order chi connectivity index (χ0) is 29.2. The van der Waals surface area contributed by atoms with Crippen LogP contribution in [0.25, 0.3) is 0 Å². The molecule has 3 heterocycles. The molecule has 2 aromatic carbocycles. The highest BCUT2D eigenvalue weighted by Gasteiger charge is 2.40. The van der Waals surface area contributed by atoms with Gasteiger partial charge in [-0.2, -0.15) is 18.4 Å². The van der Waals surface area contributed by atoms with E-state index in [0.29, 0.717) is 36.9 Å². The zero-order valence-electron chi connectivity index (χ0n) is 22.8. The maximum absolute atomic E-state index is 13.0. The summed E-state index contributed by atoms with van der Waals surface area (Å²) in [6.45, 7) is 2.71. The number of hydrogen-bond acceptors (Lipinski definition) is 5. The summed E-state index contributed by atoms with van der Waals surface area (Å²) in [6, 6.07) is 12.5. The first-order chi connectivity index (χ1) is 19.6. The number of carbonyl (C=O) groups is 3. The summed E-state index contributed by atoms with van der Waals surface area (Å²) < 4.78 is 38.8. The number of nitrogens with one attached hydrogen (secondary N) is 1. The van der Waals surface area contributed by atoms with Crippen molar-refractivity contribution in [2.45, 2.75) is 75.5 Å². The van der Waals surface area contributed by atoms with Gasteiger partial charge in [-0.05, 0) is 93.0 Å². The largest absolute Gasteiger partial charge is 0.416 e. The number of amides is 3. The van der Waals surface area contributed by atoms with Gasteiger partial charge in [-0.15, -0.1) is 0 Å². The Morgan fingerprint density at radius 1 is 1.00 bits per heavy atom. The minimum absolute atomic E-state index is 0.161. The molecule has 7 nitrogen and oxygen atoms in total. The average Bonchev–Trinajstić information content (AvgIpc) is 3.29. The predicted octanol–water partition coefficient (Wildman–Crippen LogP) is 4.74. The highest BCUT2D eigenvalue weighted by molar-refractivity contribution is 6.05. The lowest BCUT2D eigenvalue weighted by molar-refractivity contribution is -0.138. The molecular formula is C31H33F3N4O3. The van der Waals surface area contributed by atoms with Crippen LogP contribution in [0.2, 0.25) is 0 Å². The van der Waals surface area contributed by atoms with E-state index in [4.69, 9.17) is 0 Å². The normalized spacial score (nSPS) is 21.0. The van der Waals surface area contributed by atoms with Crippen LogP contribution in [-0.2, 0) is 34.1 Å². The molecule has 1 N–H and O–H groups in total. The van der Waals surface area contributed by atoms with Gasteiger partial charge < -0.3 is 9.80 Å². The fourth-order valence-electron chi connectivity index (χ4n) is 6.31. The Balaban J connectivity index is 1.08. The molecule has 0 aliphatic carbocycles. The first-order valence-corrected chi connectivity index (χ1v) is 14.2. The first kappa shape index (κ1) is 28.8. The number of hydrogen-bond donors (Lipinski definition) is 1. The molecular weight excluding hydrogens is 533 g/mol. The van der Waals surface area contributed by atoms with Gasteiger partial charge in [0.2, 0.25) is 11.8 Å². The molecule has 0 radical (unpaired) electrons. The Bertz CT molecular complexity index is 1360. The predicted molar refractivity (Wildman–Crippen MR) is 144 cm³/mol. The molecule has 1 atom stereocenters. The summed E-state index contributed by atoms with van der Waals surface area (Å²) in [4.78, 5) is 40.8. The van der Waals surface area contributed by atoms with Crippen molar-refractivity contribution in [3.05, 3.63) is 70.3 Å². The second kappa shape index (κ2) is 11.6. The van der Waals surface area contributed by atoms with Crippen molar-refractivity contribution in [3.63, 3.8) is 0 Å². The standard InChI is InChI=1S/C31H33F3N4O3/c32-31(33,34)23-10-8-22(9-11-23)30(20-35)14-17-37(18-15-30)16-3-1-2-5-21-6-4-7-24-25(21)19-38(29(24)41)26-12-13-27(39)36-28(26)40/h4,6-11,26H,1-3,5,12-19H2,(H,36,39,40). The number of piperidine rings is 2. The molecule has 10 heteroatoms. The van der Waals surface area contributed by atoms with Crippen LogP contribution in [-0.4, -0.2) is 53.2 Å². The molecule has 0 spiro atoms. The van der Waals surface area contributed by atoms with Gasteiger partial charge in [0.25, 0.3) is 5.91 Å². The lowest BCUT2D eigenvalue weighted by atomic mass is 9.74. The molecule has 2 fully saturated rings. The van der Waals surface area contributed by atoms with E-state index >= 15 is 0 Å². The summed E-state index contributed by atoms with van der Waals surface area (Å²) >= 11 is 0. The van der Waals surface area contributed by atoms with Crippen LogP contribution >= 0.6 is 0 Å². The number of alkyl halides is 3. The van der Waals surface area contributed by atoms with Gasteiger partial charge in [0.15, 0.2) is 0 Å². The number of carbonyl (C=O) groups excluding carboxylic acids is 3. The van der Waals surface area contributed by atoms with Gasteiger partial charge in [-0.3, -0.25) is 19.7 Å². The Kier molecular flexibility index (Phi) is 8.18. The van der Waals surface area contributed by atoms with Gasteiger partial charge in [0, 0.05) is 18.5 Å². The minimum Gasteiger partial charge on any atom is -0.322 e. The summed E-state index contributed by atoms with van der Waals surface area (Å²) in [6.07, 6.45) is 1.10. The number of aryl methyl sites for hydroxylation is 1. The molecule has 2 aromatic rings. The van der Waals surface area contributed by atoms with E-state index in [1.54, 1.807) is 11.0 Å². The Hall–Kier alpha value is -3.71. The highest BCUT2D eigenvalue weighted by Crippen LogP contribution is 2.37. The number of halogens is 3. The first-order valence-electron chi connectivity index (χ1n) is 14.2. The van der Waals surface area contributed by atoms with Crippen molar-refractivity contribution in [2.75, 3.05) is 19.6 Å². The van der Waals surface area contributed by atoms with E-state index in [-0.39, 0.29) is 18.2 Å². The van der Waals surface area contributed by atoms with Gasteiger partial charge in [-0.1, -0.05) is 30.7 Å². The number of unbranched alkanes of at least 4 members (excludes halogenated alkanes) is 2. The van der Waals surface area contributed by atoms with E-state index in [2.05, 4.69) is 16.3 Å². The molecule has 3 aliphatic rings. The molecule has 3 aliphatic heterocycles. The molecule has 216 valence electrons. The molecule has 0 saturated carbocycles. The number of imide groups is 1. The van der Waals surface area contributed by atoms with E-state index in [1.807, 2.05) is 12.1 Å². The second-order valence-corrected chi connectivity index (χ2v) is 11.3. The fraction of sp³-hybridized carbons (Fsp3) is 0.484. The quantitative estimate of drug-likeness (QED) is 0.368. The van der Waals surface area contributed by atoms with E-state index in [1.165, 1.54) is 12.1 Å². The van der Waals surface area contributed by atoms with Crippen molar-refractivity contribution < 1.29 is 27.6 Å². The molecule has 0 aromatic heterocycles. The van der Waals surface area contributed by atoms with Crippen LogP contribution in [0.15, 0.2) is 42.5 Å². The van der Waals surface area contributed by atoms with Crippen molar-refractivity contribution >= 4 is 17.7 Å². The number of nitrogens with zero attached hydrogens (tertiary/aromatic N) is 3. The third kappa shape index (κ3) is 6.01. The summed E-state index contributed by atoms with van der Waals surface area (Å²) in [5.74, 6) is -0.872. The van der Waals surface area contributed by atoms with Crippen molar-refractivity contribution in [2.24, 2.45) is 0 Å². The van der Waals surface area contributed by atoms with Crippen LogP contribution in [0.1, 0.15) is 77.6 Å². The number of nitriles is 1. The van der Waals surface area contributed by atoms with Crippen LogP contribution in [0, 0.1) is 11.3 Å². The monoisotopic (exact) mass is 566 g/mol. The second-order valence-electron chi connectivity index (χ2n) is 11.3. The molecule has 0 bridgehead atoms. The maximum atomic E-state index is 13.0. The minimum atomic E-state index is -4.39. The Morgan fingerprint density at radius 2 is 1.73 bits per heavy atom. The maximum Gasteiger partial charge on any atom is 0.416 e. The lowest BCUT2D eigenvalue weighted by Gasteiger charge is -2.37. The zero-order valence-corrected chi connectivity index (χ0v) is 22.8. The summed E-state index contributed by atoms with van der Waals surface area (Å²) in [5, 5.41) is 12.3. The SMILES string of the molecule is N#CC1(c2ccc(C(F)(F)F)cc2)CCN(CCCCCc2cccc3c2CN(C2CCC(=O)NC2=O)C3=O)CC1. The topological polar surface area (TPSA) is 93.5 Å². The van der Waals surface area contributed by atoms with Crippen LogP contribution in [0.5, 0.6) is 0 Å². The van der Waals surface area contributed by atoms with E-state index < -0.39 is 29.1 Å². The Labute approximate surface area is 237 Å². The van der Waals surface area contributed by atoms with E-state index in [0.717, 1.165) is 68.6 Å². The number of likely N-dealkylation sites (tertiary alicyclic amines) is 1. The van der Waals surface area contributed by atoms with Crippen LogP contribution < -0.4 is 5.32 Å². The number of rotatable bonds is 8. The van der Waals surface area contributed by atoms with Gasteiger partial charge in [0.05, 0.1) is 17.0 Å². The van der Waals surface area contributed by atoms with Gasteiger partial charge in [0.1, 0.15) is 6.04 Å². The van der Waals surface area contributed by atoms with E-state index in [9.17, 15) is 32.8 Å². The molecule has 41 heavy (non-hydrogen) atoms. The third-order valence-electron chi connectivity index (χ3n) is 8.79. The number of benzene rings is 2. The van der Waals surface area contributed by atoms with Crippen molar-refractivity contribution in [1.82, 2.24) is 15.1 Å². The van der Waals surface area contributed by atoms with Gasteiger partial charge in [-0.25, -0.2) is 0 Å². The summed E-state index contributed by atoms with van der Waals surface area (Å²) in [5.41, 5.74) is 1.90. The molecule has 2 saturated heterocycles. The lowest BCUT2D eigenvalue weighted by Crippen LogP contribution is -2.52. The third-order valence-corrected chi connectivity index (χ3v) is 8.79. The van der Waals surface area contributed by atoms with Crippen LogP contribution in [0.4, 0.5) is 13.2 Å². The average molecular weight is 567 g/mol. The van der Waals surface area contributed by atoms with Crippen LogP contribution in [0.3, 0.4) is 0 Å². The molecule has 1 unspecified atom stereocenters. The van der Waals surface area contributed by atoms with Gasteiger partial charge >= 0.3 is 6.18 Å². The fourth-order valence-corrected chi connectivity index (χ4v) is 6.31. The summed E-state index contributed by atoms with van der Waals surface area (Å²) in [7, 11) is 0. The Morgan fingerprint density at radius 3 is 2.39 bits per heavy atom. The van der Waals surface area contributed by atoms with Crippen molar-refractivity contribution in [1.29, 1.82) is 5.26 Å². The molecule has 5 rings (SSSR count). The smallest absolute Gasteiger partial charge is 0.322 e.